The summed E-state index contributed by atoms with van der Waals surface area (Å²) >= 11 is 5.82. The van der Waals surface area contributed by atoms with Crippen LogP contribution in [0.2, 0.25) is 5.02 Å². The summed E-state index contributed by atoms with van der Waals surface area (Å²) in [6, 6.07) is 10.4. The number of nitrogens with zero attached hydrogens (tertiary/aromatic N) is 3. The Morgan fingerprint density at radius 1 is 0.828 bits per heavy atom. The number of carbonyl (C=O) groups is 2. The number of carbonyl (C=O) groups excluding carboxylic acids is 2. The van der Waals surface area contributed by atoms with Gasteiger partial charge in [0, 0.05) is 34.7 Å². The van der Waals surface area contributed by atoms with Gasteiger partial charge >= 0.3 is 0 Å². The molecule has 1 aliphatic heterocycles. The number of rotatable bonds is 4. The van der Waals surface area contributed by atoms with Crippen LogP contribution in [0.1, 0.15) is 20.7 Å². The molecule has 0 fully saturated rings. The van der Waals surface area contributed by atoms with E-state index >= 15 is 0 Å². The highest BCUT2D eigenvalue weighted by Gasteiger charge is 2.36. The fourth-order valence-electron chi connectivity index (χ4n) is 3.12. The normalized spacial score (nSPS) is 12.9. The average molecular weight is 413 g/mol. The van der Waals surface area contributed by atoms with Gasteiger partial charge in [0.2, 0.25) is 0 Å². The van der Waals surface area contributed by atoms with Gasteiger partial charge in [0.1, 0.15) is 0 Å². The van der Waals surface area contributed by atoms with Crippen molar-refractivity contribution in [3.05, 3.63) is 84.9 Å². The fraction of sp³-hybridized carbons (Fsp3) is 0. The lowest BCUT2D eigenvalue weighted by atomic mass is 9.93. The lowest BCUT2D eigenvalue weighted by Gasteiger charge is -2.27. The molecule has 4 rings (SSSR count). The van der Waals surface area contributed by atoms with Gasteiger partial charge < -0.3 is 0 Å². The molecule has 0 radical (unpaired) electrons. The van der Waals surface area contributed by atoms with Gasteiger partial charge in [-0.25, -0.2) is 0 Å². The molecule has 11 heteroatoms. The second-order valence-electron chi connectivity index (χ2n) is 6.16. The van der Waals surface area contributed by atoms with Gasteiger partial charge in [-0.05, 0) is 29.7 Å². The zero-order valence-corrected chi connectivity index (χ0v) is 15.0. The number of non-ortho nitro benzene ring substituents is 2. The third-order valence-corrected chi connectivity index (χ3v) is 4.64. The number of imide groups is 1. The van der Waals surface area contributed by atoms with Gasteiger partial charge in [-0.1, -0.05) is 11.6 Å². The van der Waals surface area contributed by atoms with E-state index in [1.165, 1.54) is 24.3 Å². The summed E-state index contributed by atoms with van der Waals surface area (Å²) in [6.45, 7) is 0. The van der Waals surface area contributed by atoms with E-state index in [9.17, 15) is 29.8 Å². The summed E-state index contributed by atoms with van der Waals surface area (Å²) in [7, 11) is 0. The van der Waals surface area contributed by atoms with E-state index in [0.717, 1.165) is 24.3 Å². The van der Waals surface area contributed by atoms with Gasteiger partial charge in [-0.2, -0.15) is 5.01 Å². The van der Waals surface area contributed by atoms with Crippen molar-refractivity contribution in [2.24, 2.45) is 0 Å². The molecule has 1 heterocycles. The highest BCUT2D eigenvalue weighted by Crippen LogP contribution is 2.36. The summed E-state index contributed by atoms with van der Waals surface area (Å²) in [6.07, 6.45) is 0. The maximum Gasteiger partial charge on any atom is 0.280 e. The molecule has 3 aromatic carbocycles. The standard InChI is InChI=1S/C18H9ClN4O6/c19-10-1-3-11(4-2-10)20-21-17(24)14-7-12(22(26)27)5-9-6-13(23(28)29)8-15(16(9)14)18(21)25/h1-8,20H. The third-order valence-electron chi connectivity index (χ3n) is 4.39. The van der Waals surface area contributed by atoms with E-state index in [2.05, 4.69) is 5.43 Å². The number of anilines is 1. The molecule has 0 saturated carbocycles. The van der Waals surface area contributed by atoms with E-state index in [1.54, 1.807) is 0 Å². The molecular weight excluding hydrogens is 404 g/mol. The predicted molar refractivity (Wildman–Crippen MR) is 103 cm³/mol. The van der Waals surface area contributed by atoms with Gasteiger partial charge in [0.05, 0.1) is 26.7 Å². The van der Waals surface area contributed by atoms with E-state index in [4.69, 9.17) is 11.6 Å². The molecule has 2 amide bonds. The molecular formula is C18H9ClN4O6. The van der Waals surface area contributed by atoms with Crippen LogP contribution < -0.4 is 5.43 Å². The number of halogens is 1. The van der Waals surface area contributed by atoms with Crippen LogP contribution in [-0.2, 0) is 0 Å². The SMILES string of the molecule is O=C1c2cc([N+](=O)[O-])cc3cc([N+](=O)[O-])cc(c23)C(=O)N1Nc1ccc(Cl)cc1. The number of benzene rings is 3. The zero-order valence-electron chi connectivity index (χ0n) is 14.3. The molecule has 0 aromatic heterocycles. The number of nitrogens with one attached hydrogen (secondary N) is 1. The maximum absolute atomic E-state index is 12.9. The van der Waals surface area contributed by atoms with Crippen molar-refractivity contribution in [1.29, 1.82) is 0 Å². The van der Waals surface area contributed by atoms with Gasteiger partial charge in [-0.3, -0.25) is 35.2 Å². The minimum Gasteiger partial charge on any atom is -0.288 e. The molecule has 0 aliphatic carbocycles. The maximum atomic E-state index is 12.9. The first-order valence-corrected chi connectivity index (χ1v) is 8.45. The molecule has 1 N–H and O–H groups in total. The minimum atomic E-state index is -0.819. The Balaban J connectivity index is 1.93. The first-order valence-electron chi connectivity index (χ1n) is 8.08. The van der Waals surface area contributed by atoms with E-state index in [-0.39, 0.29) is 21.9 Å². The summed E-state index contributed by atoms with van der Waals surface area (Å²) in [5.41, 5.74) is 1.91. The lowest BCUT2D eigenvalue weighted by Crippen LogP contribution is -2.44. The van der Waals surface area contributed by atoms with E-state index < -0.39 is 33.0 Å². The van der Waals surface area contributed by atoms with Crippen LogP contribution in [0.25, 0.3) is 10.8 Å². The van der Waals surface area contributed by atoms with Crippen LogP contribution in [-0.4, -0.2) is 26.7 Å². The molecule has 144 valence electrons. The van der Waals surface area contributed by atoms with Gasteiger partial charge in [0.15, 0.2) is 0 Å². The van der Waals surface area contributed by atoms with Crippen LogP contribution in [0, 0.1) is 20.2 Å². The average Bonchev–Trinajstić information content (AvgIpc) is 2.69. The summed E-state index contributed by atoms with van der Waals surface area (Å²) < 4.78 is 0. The first kappa shape index (κ1) is 18.3. The van der Waals surface area contributed by atoms with Crippen molar-refractivity contribution in [1.82, 2.24) is 5.01 Å². The molecule has 1 aliphatic rings. The Morgan fingerprint density at radius 2 is 1.31 bits per heavy atom. The third kappa shape index (κ3) is 3.01. The summed E-state index contributed by atoms with van der Waals surface area (Å²) in [5, 5.41) is 23.8. The summed E-state index contributed by atoms with van der Waals surface area (Å²) in [5.74, 6) is -1.64. The Labute approximate surface area is 166 Å². The topological polar surface area (TPSA) is 136 Å². The first-order chi connectivity index (χ1) is 13.8. The molecule has 10 nitrogen and oxygen atoms in total. The Kier molecular flexibility index (Phi) is 4.13. The van der Waals surface area contributed by atoms with Gasteiger partial charge in [-0.15, -0.1) is 0 Å². The van der Waals surface area contributed by atoms with Crippen molar-refractivity contribution < 1.29 is 19.4 Å². The number of nitro groups is 2. The van der Waals surface area contributed by atoms with E-state index in [1.807, 2.05) is 0 Å². The van der Waals surface area contributed by atoms with Crippen LogP contribution in [0.15, 0.2) is 48.5 Å². The predicted octanol–water partition coefficient (Wildman–Crippen LogP) is 3.93. The van der Waals surface area contributed by atoms with Crippen molar-refractivity contribution in [3.8, 4) is 0 Å². The molecule has 29 heavy (non-hydrogen) atoms. The van der Waals surface area contributed by atoms with Crippen LogP contribution in [0.4, 0.5) is 17.1 Å². The second-order valence-corrected chi connectivity index (χ2v) is 6.60. The lowest BCUT2D eigenvalue weighted by molar-refractivity contribution is -0.385. The number of hydrogen-bond donors (Lipinski definition) is 1. The van der Waals surface area contributed by atoms with Crippen molar-refractivity contribution in [3.63, 3.8) is 0 Å². The molecule has 0 spiro atoms. The number of hydrogen-bond acceptors (Lipinski definition) is 7. The molecule has 0 bridgehead atoms. The molecule has 3 aromatic rings. The highest BCUT2D eigenvalue weighted by atomic mass is 35.5. The Hall–Kier alpha value is -4.05. The van der Waals surface area contributed by atoms with Crippen LogP contribution in [0.5, 0.6) is 0 Å². The van der Waals surface area contributed by atoms with E-state index in [0.29, 0.717) is 15.7 Å². The number of amides is 2. The molecule has 0 atom stereocenters. The largest absolute Gasteiger partial charge is 0.288 e. The van der Waals surface area contributed by atoms with Crippen molar-refractivity contribution in [2.45, 2.75) is 0 Å². The quantitative estimate of drug-likeness (QED) is 0.389. The van der Waals surface area contributed by atoms with Crippen molar-refractivity contribution >= 4 is 51.2 Å². The van der Waals surface area contributed by atoms with Crippen LogP contribution >= 0.6 is 11.6 Å². The minimum absolute atomic E-state index is 0.0613. The van der Waals surface area contributed by atoms with Crippen LogP contribution in [0.3, 0.4) is 0 Å². The highest BCUT2D eigenvalue weighted by molar-refractivity contribution is 6.30. The van der Waals surface area contributed by atoms with Crippen molar-refractivity contribution in [2.75, 3.05) is 5.43 Å². The fourth-order valence-corrected chi connectivity index (χ4v) is 3.25. The molecule has 0 unspecified atom stereocenters. The van der Waals surface area contributed by atoms with Gasteiger partial charge in [0.25, 0.3) is 23.2 Å². The monoisotopic (exact) mass is 412 g/mol. The number of nitro benzene ring substituents is 2. The zero-order chi connectivity index (χ0) is 20.9. The second kappa shape index (κ2) is 6.53. The Morgan fingerprint density at radius 3 is 1.76 bits per heavy atom. The smallest absolute Gasteiger partial charge is 0.280 e. The summed E-state index contributed by atoms with van der Waals surface area (Å²) in [4.78, 5) is 47.0. The number of hydrazine groups is 1. The Bertz CT molecular complexity index is 1170. The molecule has 0 saturated heterocycles.